The minimum atomic E-state index is -1.12. The minimum absolute atomic E-state index is 0.242. The molecule has 1 rings (SSSR count). The van der Waals surface area contributed by atoms with Crippen molar-refractivity contribution in [3.8, 4) is 0 Å². The molecule has 0 spiro atoms. The number of rotatable bonds is 3. The number of esters is 2. The predicted molar refractivity (Wildman–Crippen MR) is 56.7 cm³/mol. The lowest BCUT2D eigenvalue weighted by molar-refractivity contribution is -0.200. The summed E-state index contributed by atoms with van der Waals surface area (Å²) in [5.41, 5.74) is 0. The van der Waals surface area contributed by atoms with Gasteiger partial charge in [-0.25, -0.2) is 4.79 Å². The summed E-state index contributed by atoms with van der Waals surface area (Å²) >= 11 is 0. The molecule has 96 valence electrons. The van der Waals surface area contributed by atoms with Crippen LogP contribution in [0.4, 0.5) is 0 Å². The Balaban J connectivity index is 2.90. The van der Waals surface area contributed by atoms with Crippen molar-refractivity contribution in [2.24, 2.45) is 5.92 Å². The highest BCUT2D eigenvalue weighted by molar-refractivity contribution is 5.83. The van der Waals surface area contributed by atoms with E-state index in [0.717, 1.165) is 0 Å². The van der Waals surface area contributed by atoms with E-state index >= 15 is 0 Å². The number of hydrogen-bond acceptors (Lipinski definition) is 6. The van der Waals surface area contributed by atoms with Crippen LogP contribution in [0.3, 0.4) is 0 Å². The van der Waals surface area contributed by atoms with Gasteiger partial charge in [0, 0.05) is 20.5 Å². The van der Waals surface area contributed by atoms with Crippen LogP contribution in [-0.2, 0) is 28.5 Å². The maximum absolute atomic E-state index is 11.6. The monoisotopic (exact) mass is 244 g/mol. The summed E-state index contributed by atoms with van der Waals surface area (Å²) in [6.45, 7) is 1.62. The third kappa shape index (κ3) is 2.76. The molecule has 6 heteroatoms. The van der Waals surface area contributed by atoms with E-state index in [9.17, 15) is 9.59 Å². The van der Waals surface area contributed by atoms with E-state index in [1.807, 2.05) is 0 Å². The van der Waals surface area contributed by atoms with Crippen molar-refractivity contribution < 1.29 is 28.5 Å². The second-order valence-electron chi connectivity index (χ2n) is 3.74. The Morgan fingerprint density at radius 3 is 2.47 bits per heavy atom. The van der Waals surface area contributed by atoms with E-state index in [0.29, 0.717) is 5.76 Å². The highest BCUT2D eigenvalue weighted by Gasteiger charge is 2.49. The van der Waals surface area contributed by atoms with Crippen LogP contribution in [0.5, 0.6) is 0 Å². The number of carbonyl (C=O) groups excluding carboxylic acids is 2. The zero-order valence-corrected chi connectivity index (χ0v) is 10.3. The Labute approximate surface area is 99.5 Å². The normalized spacial score (nSPS) is 29.9. The van der Waals surface area contributed by atoms with Gasteiger partial charge in [0.2, 0.25) is 5.79 Å². The topological polar surface area (TPSA) is 71.1 Å². The molecule has 0 aliphatic carbocycles. The molecular weight excluding hydrogens is 228 g/mol. The van der Waals surface area contributed by atoms with Crippen molar-refractivity contribution in [2.75, 3.05) is 21.3 Å². The zero-order valence-electron chi connectivity index (χ0n) is 10.3. The van der Waals surface area contributed by atoms with Crippen LogP contribution < -0.4 is 0 Å². The molecule has 0 radical (unpaired) electrons. The summed E-state index contributed by atoms with van der Waals surface area (Å²) < 4.78 is 19.8. The zero-order chi connectivity index (χ0) is 13.1. The van der Waals surface area contributed by atoms with Crippen LogP contribution >= 0.6 is 0 Å². The SMILES string of the molecule is COC(=O)/C=C1/C[C@@H](C(=O)OC)[C@@](C)(OC)O1. The minimum Gasteiger partial charge on any atom is -0.469 e. The van der Waals surface area contributed by atoms with Crippen LogP contribution in [0.15, 0.2) is 11.8 Å². The highest BCUT2D eigenvalue weighted by atomic mass is 16.7. The number of carbonyl (C=O) groups is 2. The van der Waals surface area contributed by atoms with Gasteiger partial charge in [0.15, 0.2) is 0 Å². The first-order valence-corrected chi connectivity index (χ1v) is 5.07. The molecule has 0 amide bonds. The lowest BCUT2D eigenvalue weighted by Crippen LogP contribution is -2.38. The molecule has 2 atom stereocenters. The standard InChI is InChI=1S/C11H16O6/c1-11(16-4)8(10(13)15-3)5-7(17-11)6-9(12)14-2/h6,8H,5H2,1-4H3/b7-6-/t8-,11-/m0/s1. The number of ether oxygens (including phenoxy) is 4. The van der Waals surface area contributed by atoms with Gasteiger partial charge in [0.05, 0.1) is 20.3 Å². The third-order valence-corrected chi connectivity index (χ3v) is 2.74. The van der Waals surface area contributed by atoms with Gasteiger partial charge in [-0.05, 0) is 0 Å². The molecule has 1 saturated heterocycles. The quantitative estimate of drug-likeness (QED) is 0.535. The molecule has 0 unspecified atom stereocenters. The summed E-state index contributed by atoms with van der Waals surface area (Å²) in [5, 5.41) is 0. The van der Waals surface area contributed by atoms with Crippen molar-refractivity contribution in [2.45, 2.75) is 19.1 Å². The fourth-order valence-electron chi connectivity index (χ4n) is 1.66. The van der Waals surface area contributed by atoms with Gasteiger partial charge < -0.3 is 18.9 Å². The molecule has 0 aromatic carbocycles. The largest absolute Gasteiger partial charge is 0.469 e. The molecule has 17 heavy (non-hydrogen) atoms. The van der Waals surface area contributed by atoms with E-state index in [4.69, 9.17) is 9.47 Å². The van der Waals surface area contributed by atoms with Gasteiger partial charge in [-0.15, -0.1) is 0 Å². The summed E-state index contributed by atoms with van der Waals surface area (Å²) in [4.78, 5) is 22.6. The third-order valence-electron chi connectivity index (χ3n) is 2.74. The van der Waals surface area contributed by atoms with Gasteiger partial charge in [-0.3, -0.25) is 4.79 Å². The van der Waals surface area contributed by atoms with Gasteiger partial charge in [-0.2, -0.15) is 0 Å². The fraction of sp³-hybridized carbons (Fsp3) is 0.636. The van der Waals surface area contributed by atoms with Crippen LogP contribution in [0.25, 0.3) is 0 Å². The Bertz CT molecular complexity index is 348. The maximum atomic E-state index is 11.6. The van der Waals surface area contributed by atoms with Crippen molar-refractivity contribution in [1.82, 2.24) is 0 Å². The van der Waals surface area contributed by atoms with Gasteiger partial charge >= 0.3 is 11.9 Å². The Morgan fingerprint density at radius 2 is 2.00 bits per heavy atom. The molecule has 1 aliphatic rings. The Morgan fingerprint density at radius 1 is 1.35 bits per heavy atom. The molecule has 1 aliphatic heterocycles. The average Bonchev–Trinajstić information content (AvgIpc) is 2.66. The molecule has 0 bridgehead atoms. The molecular formula is C11H16O6. The van der Waals surface area contributed by atoms with Gasteiger partial charge in [0.25, 0.3) is 0 Å². The highest BCUT2D eigenvalue weighted by Crippen LogP contribution is 2.39. The molecule has 0 N–H and O–H groups in total. The molecule has 0 aromatic heterocycles. The molecule has 1 fully saturated rings. The maximum Gasteiger partial charge on any atom is 0.333 e. The molecule has 1 heterocycles. The average molecular weight is 244 g/mol. The van der Waals surface area contributed by atoms with E-state index in [1.54, 1.807) is 6.92 Å². The van der Waals surface area contributed by atoms with E-state index < -0.39 is 23.6 Å². The van der Waals surface area contributed by atoms with Crippen LogP contribution in [0.1, 0.15) is 13.3 Å². The first-order chi connectivity index (χ1) is 7.96. The number of hydrogen-bond donors (Lipinski definition) is 0. The molecule has 0 saturated carbocycles. The number of allylic oxidation sites excluding steroid dienone is 1. The van der Waals surface area contributed by atoms with Gasteiger partial charge in [-0.1, -0.05) is 0 Å². The van der Waals surface area contributed by atoms with E-state index in [1.165, 1.54) is 27.4 Å². The molecule has 0 aromatic rings. The van der Waals surface area contributed by atoms with Crippen LogP contribution in [0.2, 0.25) is 0 Å². The fourth-order valence-corrected chi connectivity index (χ4v) is 1.66. The summed E-state index contributed by atoms with van der Waals surface area (Å²) in [6.07, 6.45) is 1.44. The number of methoxy groups -OCH3 is 3. The summed E-state index contributed by atoms with van der Waals surface area (Å²) in [6, 6.07) is 0. The second kappa shape index (κ2) is 5.18. The van der Waals surface area contributed by atoms with Crippen molar-refractivity contribution >= 4 is 11.9 Å². The first kappa shape index (κ1) is 13.5. The van der Waals surface area contributed by atoms with Gasteiger partial charge in [0.1, 0.15) is 11.7 Å². The van der Waals surface area contributed by atoms with E-state index in [-0.39, 0.29) is 6.42 Å². The lowest BCUT2D eigenvalue weighted by Gasteiger charge is -2.26. The van der Waals surface area contributed by atoms with E-state index in [2.05, 4.69) is 9.47 Å². The predicted octanol–water partition coefficient (Wildman–Crippen LogP) is 0.615. The van der Waals surface area contributed by atoms with Crippen molar-refractivity contribution in [1.29, 1.82) is 0 Å². The Hall–Kier alpha value is -1.56. The Kier molecular flexibility index (Phi) is 4.11. The van der Waals surface area contributed by atoms with Crippen LogP contribution in [-0.4, -0.2) is 39.1 Å². The second-order valence-corrected chi connectivity index (χ2v) is 3.74. The summed E-state index contributed by atoms with van der Waals surface area (Å²) in [7, 11) is 3.99. The lowest BCUT2D eigenvalue weighted by atomic mass is 9.98. The van der Waals surface area contributed by atoms with Crippen molar-refractivity contribution in [3.05, 3.63) is 11.8 Å². The van der Waals surface area contributed by atoms with Crippen molar-refractivity contribution in [3.63, 3.8) is 0 Å². The van der Waals surface area contributed by atoms with Crippen LogP contribution in [0, 0.1) is 5.92 Å². The first-order valence-electron chi connectivity index (χ1n) is 5.07. The smallest absolute Gasteiger partial charge is 0.333 e. The molecule has 6 nitrogen and oxygen atoms in total. The summed E-state index contributed by atoms with van der Waals surface area (Å²) in [5.74, 6) is -2.36.